The molecule has 0 aliphatic heterocycles. The fraction of sp³-hybridized carbons (Fsp3) is 0.273. The van der Waals surface area contributed by atoms with Crippen LogP contribution in [0.15, 0.2) is 41.6 Å². The van der Waals surface area contributed by atoms with Crippen molar-refractivity contribution < 1.29 is 9.63 Å². The third-order valence-corrected chi connectivity index (χ3v) is 1.38. The Labute approximate surface area is 84.4 Å². The summed E-state index contributed by atoms with van der Waals surface area (Å²) >= 11 is 0. The van der Waals surface area contributed by atoms with Crippen molar-refractivity contribution in [1.29, 1.82) is 0 Å². The van der Waals surface area contributed by atoms with E-state index in [2.05, 4.69) is 16.6 Å². The van der Waals surface area contributed by atoms with Crippen LogP contribution < -0.4 is 0 Å². The molecule has 0 aliphatic rings. The molecule has 0 fully saturated rings. The summed E-state index contributed by atoms with van der Waals surface area (Å²) in [5, 5.41) is 3.59. The van der Waals surface area contributed by atoms with Gasteiger partial charge in [0.25, 0.3) is 0 Å². The molecule has 0 radical (unpaired) electrons. The second kappa shape index (κ2) is 6.83. The van der Waals surface area contributed by atoms with Crippen molar-refractivity contribution in [2.75, 3.05) is 0 Å². The predicted molar refractivity (Wildman–Crippen MR) is 58.0 cm³/mol. The van der Waals surface area contributed by atoms with E-state index in [1.54, 1.807) is 13.0 Å². The third kappa shape index (κ3) is 5.94. The first-order valence-corrected chi connectivity index (χ1v) is 4.28. The van der Waals surface area contributed by atoms with Gasteiger partial charge in [-0.3, -0.25) is 0 Å². The van der Waals surface area contributed by atoms with Crippen molar-refractivity contribution in [3.8, 4) is 0 Å². The summed E-state index contributed by atoms with van der Waals surface area (Å²) in [6.45, 7) is 8.71. The van der Waals surface area contributed by atoms with Crippen molar-refractivity contribution >= 4 is 11.7 Å². The van der Waals surface area contributed by atoms with Crippen LogP contribution in [0.4, 0.5) is 0 Å². The molecule has 3 heteroatoms. The van der Waals surface area contributed by atoms with E-state index in [4.69, 9.17) is 0 Å². The van der Waals surface area contributed by atoms with Crippen molar-refractivity contribution in [3.05, 3.63) is 36.5 Å². The van der Waals surface area contributed by atoms with Crippen molar-refractivity contribution in [2.45, 2.75) is 20.8 Å². The van der Waals surface area contributed by atoms with Gasteiger partial charge >= 0.3 is 5.97 Å². The molecule has 0 aromatic rings. The zero-order valence-electron chi connectivity index (χ0n) is 8.78. The molecular weight excluding hydrogens is 178 g/mol. The molecule has 0 unspecified atom stereocenters. The van der Waals surface area contributed by atoms with Crippen molar-refractivity contribution in [1.82, 2.24) is 0 Å². The number of carbonyl (C=O) groups excluding carboxylic acids is 1. The Morgan fingerprint density at radius 3 is 2.50 bits per heavy atom. The van der Waals surface area contributed by atoms with Crippen LogP contribution in [-0.4, -0.2) is 11.7 Å². The van der Waals surface area contributed by atoms with Gasteiger partial charge in [0.2, 0.25) is 0 Å². The minimum absolute atomic E-state index is 0.436. The smallest absolute Gasteiger partial charge is 0.318 e. The summed E-state index contributed by atoms with van der Waals surface area (Å²) in [6, 6.07) is 0. The highest BCUT2D eigenvalue weighted by Crippen LogP contribution is 1.98. The van der Waals surface area contributed by atoms with Crippen LogP contribution in [0.1, 0.15) is 20.8 Å². The summed E-state index contributed by atoms with van der Waals surface area (Å²) in [5.74, 6) is -0.436. The summed E-state index contributed by atoms with van der Waals surface area (Å²) in [7, 11) is 0. The Kier molecular flexibility index (Phi) is 6.03. The largest absolute Gasteiger partial charge is 0.331 e. The Hall–Kier alpha value is -1.64. The maximum Gasteiger partial charge on any atom is 0.331 e. The average molecular weight is 193 g/mol. The Bertz CT molecular complexity index is 298. The van der Waals surface area contributed by atoms with Gasteiger partial charge in [-0.05, 0) is 19.4 Å². The number of allylic oxidation sites excluding steroid dienone is 5. The highest BCUT2D eigenvalue weighted by atomic mass is 16.7. The number of oxime groups is 1. The second-order valence-electron chi connectivity index (χ2n) is 2.67. The summed E-state index contributed by atoms with van der Waals surface area (Å²) in [6.07, 6.45) is 7.42. The first-order valence-electron chi connectivity index (χ1n) is 4.28. The lowest BCUT2D eigenvalue weighted by molar-refractivity contribution is -0.140. The predicted octanol–water partition coefficient (Wildman–Crippen LogP) is 2.61. The lowest BCUT2D eigenvalue weighted by Crippen LogP contribution is -1.98. The fourth-order valence-electron chi connectivity index (χ4n) is 0.595. The SMILES string of the molecule is C=C(/C=C\C=C/C)/C(C)=N/OC(C)=O. The molecule has 0 saturated heterocycles. The van der Waals surface area contributed by atoms with Crippen LogP contribution in [-0.2, 0) is 9.63 Å². The highest BCUT2D eigenvalue weighted by molar-refractivity contribution is 6.00. The molecule has 0 rings (SSSR count). The van der Waals surface area contributed by atoms with Gasteiger partial charge in [0.15, 0.2) is 0 Å². The summed E-state index contributed by atoms with van der Waals surface area (Å²) in [4.78, 5) is 14.9. The molecule has 0 N–H and O–H groups in total. The lowest BCUT2D eigenvalue weighted by atomic mass is 10.2. The molecule has 0 bridgehead atoms. The van der Waals surface area contributed by atoms with E-state index in [0.29, 0.717) is 11.3 Å². The topological polar surface area (TPSA) is 38.7 Å². The van der Waals surface area contributed by atoms with E-state index in [0.717, 1.165) is 0 Å². The second-order valence-corrected chi connectivity index (χ2v) is 2.67. The molecule has 14 heavy (non-hydrogen) atoms. The molecule has 0 atom stereocenters. The molecule has 0 spiro atoms. The van der Waals surface area contributed by atoms with E-state index < -0.39 is 5.97 Å². The third-order valence-electron chi connectivity index (χ3n) is 1.38. The zero-order valence-corrected chi connectivity index (χ0v) is 8.78. The molecule has 0 saturated carbocycles. The van der Waals surface area contributed by atoms with Gasteiger partial charge in [-0.2, -0.15) is 0 Å². The number of hydrogen-bond donors (Lipinski definition) is 0. The van der Waals surface area contributed by atoms with E-state index in [9.17, 15) is 4.79 Å². The maximum absolute atomic E-state index is 10.4. The quantitative estimate of drug-likeness (QED) is 0.298. The number of carbonyl (C=O) groups is 1. The molecule has 0 aromatic heterocycles. The zero-order chi connectivity index (χ0) is 11.0. The monoisotopic (exact) mass is 193 g/mol. The van der Waals surface area contributed by atoms with Gasteiger partial charge in [0, 0.05) is 6.92 Å². The van der Waals surface area contributed by atoms with Gasteiger partial charge < -0.3 is 4.84 Å². The molecule has 0 amide bonds. The van der Waals surface area contributed by atoms with Crippen LogP contribution in [0, 0.1) is 0 Å². The summed E-state index contributed by atoms with van der Waals surface area (Å²) in [5.41, 5.74) is 1.30. The van der Waals surface area contributed by atoms with Crippen LogP contribution in [0.25, 0.3) is 0 Å². The molecule has 3 nitrogen and oxygen atoms in total. The minimum atomic E-state index is -0.436. The van der Waals surface area contributed by atoms with Crippen molar-refractivity contribution in [3.63, 3.8) is 0 Å². The Morgan fingerprint density at radius 2 is 2.00 bits per heavy atom. The molecule has 0 aliphatic carbocycles. The van der Waals surface area contributed by atoms with Gasteiger partial charge in [-0.25, -0.2) is 4.79 Å². The number of hydrogen-bond acceptors (Lipinski definition) is 3. The van der Waals surface area contributed by atoms with E-state index >= 15 is 0 Å². The number of nitrogens with zero attached hydrogens (tertiary/aromatic N) is 1. The first-order chi connectivity index (χ1) is 6.57. The van der Waals surface area contributed by atoms with E-state index in [1.807, 2.05) is 25.2 Å². The van der Waals surface area contributed by atoms with E-state index in [1.165, 1.54) is 6.92 Å². The highest BCUT2D eigenvalue weighted by Gasteiger charge is 1.95. The number of rotatable bonds is 4. The average Bonchev–Trinajstić information content (AvgIpc) is 2.14. The Balaban J connectivity index is 4.24. The fourth-order valence-corrected chi connectivity index (χ4v) is 0.595. The van der Waals surface area contributed by atoms with Crippen LogP contribution in [0.5, 0.6) is 0 Å². The van der Waals surface area contributed by atoms with Crippen LogP contribution in [0.3, 0.4) is 0 Å². The van der Waals surface area contributed by atoms with Crippen molar-refractivity contribution in [2.24, 2.45) is 5.16 Å². The standard InChI is InChI=1S/C11H15NO2/c1-5-6-7-8-9(2)10(3)12-14-11(4)13/h5-8H,2H2,1,3-4H3/b6-5-,8-7-,12-10+. The van der Waals surface area contributed by atoms with E-state index in [-0.39, 0.29) is 0 Å². The molecule has 0 aromatic carbocycles. The summed E-state index contributed by atoms with van der Waals surface area (Å²) < 4.78 is 0. The first kappa shape index (κ1) is 12.4. The maximum atomic E-state index is 10.4. The van der Waals surface area contributed by atoms with Gasteiger partial charge in [-0.1, -0.05) is 36.0 Å². The van der Waals surface area contributed by atoms with Gasteiger partial charge in [0.05, 0.1) is 5.71 Å². The van der Waals surface area contributed by atoms with Crippen LogP contribution in [0.2, 0.25) is 0 Å². The molecule has 0 heterocycles. The normalized spacial score (nSPS) is 12.4. The van der Waals surface area contributed by atoms with Gasteiger partial charge in [0.1, 0.15) is 0 Å². The minimum Gasteiger partial charge on any atom is -0.318 e. The molecule has 76 valence electrons. The van der Waals surface area contributed by atoms with Crippen LogP contribution >= 0.6 is 0 Å². The molecular formula is C11H15NO2. The van der Waals surface area contributed by atoms with Gasteiger partial charge in [-0.15, -0.1) is 0 Å². The lowest BCUT2D eigenvalue weighted by Gasteiger charge is -1.97. The Morgan fingerprint density at radius 1 is 1.36 bits per heavy atom.